The summed E-state index contributed by atoms with van der Waals surface area (Å²) in [6, 6.07) is 7.41. The van der Waals surface area contributed by atoms with Crippen LogP contribution in [0.15, 0.2) is 29.3 Å². The Morgan fingerprint density at radius 1 is 1.53 bits per heavy atom. The van der Waals surface area contributed by atoms with E-state index in [1.54, 1.807) is 30.6 Å². The number of aliphatic imine (C=N–C) groups is 1. The van der Waals surface area contributed by atoms with E-state index in [4.69, 9.17) is 4.74 Å². The number of anilines is 1. The Bertz CT molecular complexity index is 477. The lowest BCUT2D eigenvalue weighted by atomic mass is 10.3. The van der Waals surface area contributed by atoms with Gasteiger partial charge in [-0.15, -0.1) is 0 Å². The maximum absolute atomic E-state index is 11.8. The van der Waals surface area contributed by atoms with Crippen molar-refractivity contribution in [2.45, 2.75) is 6.42 Å². The third kappa shape index (κ3) is 4.47. The molecule has 1 aliphatic heterocycles. The highest BCUT2D eigenvalue weighted by Gasteiger charge is 2.10. The summed E-state index contributed by atoms with van der Waals surface area (Å²) in [6.07, 6.45) is 0.474. The van der Waals surface area contributed by atoms with Gasteiger partial charge in [0.2, 0.25) is 5.91 Å². The fraction of sp³-hybridized carbons (Fsp3) is 0.385. The van der Waals surface area contributed by atoms with Gasteiger partial charge in [-0.1, -0.05) is 35.7 Å². The summed E-state index contributed by atoms with van der Waals surface area (Å²) in [6.45, 7) is 0.903. The SMILES string of the molecule is COc1ccccc1NC(=O)CCSC1=NCCS1. The first kappa shape index (κ1) is 14.3. The van der Waals surface area contributed by atoms with Crippen LogP contribution < -0.4 is 10.1 Å². The Morgan fingerprint density at radius 3 is 3.11 bits per heavy atom. The largest absolute Gasteiger partial charge is 0.495 e. The van der Waals surface area contributed by atoms with Crippen molar-refractivity contribution in [2.24, 2.45) is 4.99 Å². The second-order valence-electron chi connectivity index (χ2n) is 3.84. The first-order chi connectivity index (χ1) is 9.29. The predicted molar refractivity (Wildman–Crippen MR) is 83.5 cm³/mol. The van der Waals surface area contributed by atoms with Gasteiger partial charge in [0.1, 0.15) is 10.1 Å². The number of amides is 1. The van der Waals surface area contributed by atoms with Crippen molar-refractivity contribution in [1.82, 2.24) is 0 Å². The average molecular weight is 296 g/mol. The van der Waals surface area contributed by atoms with Crippen molar-refractivity contribution < 1.29 is 9.53 Å². The van der Waals surface area contributed by atoms with E-state index < -0.39 is 0 Å². The summed E-state index contributed by atoms with van der Waals surface area (Å²) in [7, 11) is 1.59. The molecule has 0 aromatic heterocycles. The predicted octanol–water partition coefficient (Wildman–Crippen LogP) is 2.86. The second-order valence-corrected chi connectivity index (χ2v) is 6.27. The Balaban J connectivity index is 1.77. The maximum atomic E-state index is 11.8. The van der Waals surface area contributed by atoms with Gasteiger partial charge in [0.15, 0.2) is 0 Å². The average Bonchev–Trinajstić information content (AvgIpc) is 2.92. The number of hydrogen-bond donors (Lipinski definition) is 1. The van der Waals surface area contributed by atoms with Gasteiger partial charge >= 0.3 is 0 Å². The molecule has 1 aromatic carbocycles. The molecule has 0 saturated carbocycles. The highest BCUT2D eigenvalue weighted by atomic mass is 32.2. The molecule has 0 fully saturated rings. The van der Waals surface area contributed by atoms with E-state index in [2.05, 4.69) is 10.3 Å². The molecule has 0 atom stereocenters. The van der Waals surface area contributed by atoms with Crippen LogP contribution in [0.25, 0.3) is 0 Å². The third-order valence-electron chi connectivity index (χ3n) is 2.49. The van der Waals surface area contributed by atoms with Crippen LogP contribution in [0.5, 0.6) is 5.75 Å². The lowest BCUT2D eigenvalue weighted by molar-refractivity contribution is -0.115. The molecule has 1 aliphatic rings. The Kier molecular flexibility index (Phi) is 5.60. The van der Waals surface area contributed by atoms with Gasteiger partial charge in [-0.2, -0.15) is 0 Å². The number of para-hydroxylation sites is 2. The molecule has 1 amide bonds. The Labute approximate surface area is 121 Å². The summed E-state index contributed by atoms with van der Waals surface area (Å²) in [5.41, 5.74) is 0.715. The molecule has 0 unspecified atom stereocenters. The fourth-order valence-electron chi connectivity index (χ4n) is 1.59. The van der Waals surface area contributed by atoms with Gasteiger partial charge in [-0.25, -0.2) is 0 Å². The van der Waals surface area contributed by atoms with Gasteiger partial charge in [-0.05, 0) is 12.1 Å². The van der Waals surface area contributed by atoms with Gasteiger partial charge in [-0.3, -0.25) is 9.79 Å². The van der Waals surface area contributed by atoms with Crippen LogP contribution in [0, 0.1) is 0 Å². The van der Waals surface area contributed by atoms with Crippen molar-refractivity contribution in [3.8, 4) is 5.75 Å². The van der Waals surface area contributed by atoms with E-state index in [-0.39, 0.29) is 5.91 Å². The molecule has 0 saturated heterocycles. The zero-order valence-electron chi connectivity index (χ0n) is 10.7. The summed E-state index contributed by atoms with van der Waals surface area (Å²) in [5, 5.41) is 2.86. The van der Waals surface area contributed by atoms with E-state index in [0.29, 0.717) is 17.9 Å². The number of thioether (sulfide) groups is 2. The topological polar surface area (TPSA) is 50.7 Å². The minimum Gasteiger partial charge on any atom is -0.495 e. The Morgan fingerprint density at radius 2 is 2.37 bits per heavy atom. The van der Waals surface area contributed by atoms with Crippen LogP contribution >= 0.6 is 23.5 Å². The zero-order valence-corrected chi connectivity index (χ0v) is 12.4. The molecular weight excluding hydrogens is 280 g/mol. The normalized spacial score (nSPS) is 14.1. The summed E-state index contributed by atoms with van der Waals surface area (Å²) in [5.74, 6) is 2.50. The number of carbonyl (C=O) groups is 1. The molecule has 102 valence electrons. The number of ether oxygens (including phenoxy) is 1. The van der Waals surface area contributed by atoms with Crippen LogP contribution in [0.1, 0.15) is 6.42 Å². The maximum Gasteiger partial charge on any atom is 0.225 e. The van der Waals surface area contributed by atoms with Crippen LogP contribution in [-0.2, 0) is 4.79 Å². The van der Waals surface area contributed by atoms with E-state index in [9.17, 15) is 4.79 Å². The number of nitrogens with one attached hydrogen (secondary N) is 1. The fourth-order valence-corrected chi connectivity index (χ4v) is 3.61. The molecule has 0 spiro atoms. The van der Waals surface area contributed by atoms with E-state index in [0.717, 1.165) is 22.4 Å². The molecular formula is C13H16N2O2S2. The van der Waals surface area contributed by atoms with Crippen LogP contribution in [-0.4, -0.2) is 35.4 Å². The summed E-state index contributed by atoms with van der Waals surface area (Å²) < 4.78 is 6.29. The minimum atomic E-state index is 0.000553. The van der Waals surface area contributed by atoms with Gasteiger partial charge < -0.3 is 10.1 Å². The van der Waals surface area contributed by atoms with E-state index >= 15 is 0 Å². The number of nitrogens with zero attached hydrogens (tertiary/aromatic N) is 1. The second kappa shape index (κ2) is 7.45. The van der Waals surface area contributed by atoms with Gasteiger partial charge in [0, 0.05) is 17.9 Å². The van der Waals surface area contributed by atoms with Crippen molar-refractivity contribution in [1.29, 1.82) is 0 Å². The van der Waals surface area contributed by atoms with Gasteiger partial charge in [0.05, 0.1) is 19.3 Å². The first-order valence-electron chi connectivity index (χ1n) is 6.02. The number of carbonyl (C=O) groups excluding carboxylic acids is 1. The van der Waals surface area contributed by atoms with Crippen LogP contribution in [0.4, 0.5) is 5.69 Å². The molecule has 6 heteroatoms. The number of methoxy groups -OCH3 is 1. The molecule has 0 bridgehead atoms. The molecule has 0 radical (unpaired) electrons. The van der Waals surface area contributed by atoms with Crippen LogP contribution in [0.2, 0.25) is 0 Å². The number of rotatable bonds is 5. The highest BCUT2D eigenvalue weighted by molar-refractivity contribution is 8.39. The lowest BCUT2D eigenvalue weighted by Crippen LogP contribution is -2.13. The molecule has 0 aliphatic carbocycles. The smallest absolute Gasteiger partial charge is 0.225 e. The standard InChI is InChI=1S/C13H16N2O2S2/c1-17-11-5-3-2-4-10(11)15-12(16)6-8-18-13-14-7-9-19-13/h2-5H,6-9H2,1H3,(H,15,16). The monoisotopic (exact) mass is 296 g/mol. The highest BCUT2D eigenvalue weighted by Crippen LogP contribution is 2.24. The van der Waals surface area contributed by atoms with Crippen LogP contribution in [0.3, 0.4) is 0 Å². The van der Waals surface area contributed by atoms with Crippen molar-refractivity contribution in [2.75, 3.05) is 30.5 Å². The van der Waals surface area contributed by atoms with Crippen molar-refractivity contribution in [3.05, 3.63) is 24.3 Å². The van der Waals surface area contributed by atoms with Gasteiger partial charge in [0.25, 0.3) is 0 Å². The number of benzene rings is 1. The minimum absolute atomic E-state index is 0.000553. The van der Waals surface area contributed by atoms with E-state index in [1.807, 2.05) is 24.3 Å². The van der Waals surface area contributed by atoms with Crippen molar-refractivity contribution in [3.63, 3.8) is 0 Å². The summed E-state index contributed by atoms with van der Waals surface area (Å²) in [4.78, 5) is 16.2. The quantitative estimate of drug-likeness (QED) is 0.907. The molecule has 2 rings (SSSR count). The van der Waals surface area contributed by atoms with Crippen molar-refractivity contribution >= 4 is 39.5 Å². The lowest BCUT2D eigenvalue weighted by Gasteiger charge is -2.09. The third-order valence-corrected chi connectivity index (χ3v) is 4.75. The molecule has 19 heavy (non-hydrogen) atoms. The zero-order chi connectivity index (χ0) is 13.5. The molecule has 1 heterocycles. The molecule has 1 aromatic rings. The molecule has 1 N–H and O–H groups in total. The molecule has 4 nitrogen and oxygen atoms in total. The number of hydrogen-bond acceptors (Lipinski definition) is 5. The van der Waals surface area contributed by atoms with E-state index in [1.165, 1.54) is 0 Å². The summed E-state index contributed by atoms with van der Waals surface area (Å²) >= 11 is 3.42. The first-order valence-corrected chi connectivity index (χ1v) is 7.99. The Hall–Kier alpha value is -1.14.